The molecule has 1 aromatic rings. The van der Waals surface area contributed by atoms with Crippen molar-refractivity contribution >= 4 is 31.9 Å². The van der Waals surface area contributed by atoms with E-state index in [-0.39, 0.29) is 5.92 Å². The van der Waals surface area contributed by atoms with E-state index in [0.29, 0.717) is 5.92 Å². The monoisotopic (exact) mass is 750 g/mol. The van der Waals surface area contributed by atoms with Gasteiger partial charge < -0.3 is 9.47 Å². The molecule has 0 radical (unpaired) electrons. The fourth-order valence-electron chi connectivity index (χ4n) is 6.73. The number of rotatable bonds is 28. The Bertz CT molecular complexity index is 894. The average molecular weight is 753 g/mol. The first-order valence-corrected chi connectivity index (χ1v) is 21.1. The third-order valence-corrected chi connectivity index (χ3v) is 10.6. The Kier molecular flexibility index (Phi) is 23.6. The summed E-state index contributed by atoms with van der Waals surface area (Å²) >= 11 is 7.10. The molecule has 0 saturated heterocycles. The van der Waals surface area contributed by atoms with Gasteiger partial charge in [0.25, 0.3) is 0 Å². The van der Waals surface area contributed by atoms with Crippen molar-refractivity contribution in [2.45, 2.75) is 168 Å². The minimum atomic E-state index is 0.269. The maximum absolute atomic E-state index is 6.75. The van der Waals surface area contributed by atoms with Crippen LogP contribution >= 0.6 is 31.9 Å². The zero-order valence-electron chi connectivity index (χ0n) is 29.6. The van der Waals surface area contributed by atoms with Crippen molar-refractivity contribution in [3.8, 4) is 11.5 Å². The molecule has 0 fully saturated rings. The van der Waals surface area contributed by atoms with Crippen LogP contribution in [-0.2, 0) is 6.42 Å². The Labute approximate surface area is 296 Å². The highest BCUT2D eigenvalue weighted by Crippen LogP contribution is 2.47. The number of allylic oxidation sites excluding steroid dienone is 3. The second-order valence-corrected chi connectivity index (χ2v) is 15.3. The standard InChI is InChI=1S/C41H68Br2O2/c1-5-6-19-24-36-32-39(44-29-22-17-13-9-7-11-15-20-27-42)41(38-31-35(4)25-26-37(38)34(2)3)40(33-36)45-30-23-18-14-10-8-12-16-21-28-43/h31-33,37-38H,2,5-30H2,1,3-4H3/t37-,38+/m0/s1. The average Bonchev–Trinajstić information content (AvgIpc) is 3.02. The van der Waals surface area contributed by atoms with Crippen LogP contribution in [0.1, 0.15) is 173 Å². The molecule has 45 heavy (non-hydrogen) atoms. The molecule has 0 saturated carbocycles. The van der Waals surface area contributed by atoms with Crippen LogP contribution in [0.3, 0.4) is 0 Å². The van der Waals surface area contributed by atoms with Gasteiger partial charge in [0, 0.05) is 22.1 Å². The van der Waals surface area contributed by atoms with E-state index in [1.165, 1.54) is 131 Å². The maximum Gasteiger partial charge on any atom is 0.127 e. The number of aryl methyl sites for hydroxylation is 1. The molecule has 1 aliphatic carbocycles. The first-order valence-electron chi connectivity index (χ1n) is 18.9. The molecule has 0 spiro atoms. The summed E-state index contributed by atoms with van der Waals surface area (Å²) in [5, 5.41) is 2.28. The normalized spacial score (nSPS) is 16.5. The van der Waals surface area contributed by atoms with Gasteiger partial charge in [0.2, 0.25) is 0 Å². The van der Waals surface area contributed by atoms with Crippen molar-refractivity contribution in [3.05, 3.63) is 47.1 Å². The smallest absolute Gasteiger partial charge is 0.127 e. The predicted octanol–water partition coefficient (Wildman–Crippen LogP) is 14.2. The maximum atomic E-state index is 6.75. The molecule has 0 amide bonds. The Morgan fingerprint density at radius 2 is 1.18 bits per heavy atom. The molecule has 0 aliphatic heterocycles. The van der Waals surface area contributed by atoms with Gasteiger partial charge in [0.15, 0.2) is 0 Å². The highest BCUT2D eigenvalue weighted by molar-refractivity contribution is 9.09. The molecule has 0 aromatic heterocycles. The van der Waals surface area contributed by atoms with Crippen LogP contribution in [0.2, 0.25) is 0 Å². The van der Waals surface area contributed by atoms with Crippen LogP contribution in [0.4, 0.5) is 0 Å². The van der Waals surface area contributed by atoms with E-state index in [0.717, 1.165) is 67.5 Å². The first-order chi connectivity index (χ1) is 22.0. The molecule has 0 bridgehead atoms. The quantitative estimate of drug-likeness (QED) is 0.0482. The number of benzene rings is 1. The van der Waals surface area contributed by atoms with Crippen LogP contribution in [0, 0.1) is 5.92 Å². The van der Waals surface area contributed by atoms with Gasteiger partial charge in [-0.1, -0.05) is 152 Å². The van der Waals surface area contributed by atoms with Crippen LogP contribution in [0.15, 0.2) is 35.9 Å². The number of alkyl halides is 2. The van der Waals surface area contributed by atoms with Crippen LogP contribution in [-0.4, -0.2) is 23.9 Å². The van der Waals surface area contributed by atoms with Crippen molar-refractivity contribution in [1.82, 2.24) is 0 Å². The van der Waals surface area contributed by atoms with Crippen molar-refractivity contribution in [1.29, 1.82) is 0 Å². The van der Waals surface area contributed by atoms with Gasteiger partial charge in [0.1, 0.15) is 11.5 Å². The summed E-state index contributed by atoms with van der Waals surface area (Å²) in [7, 11) is 0. The Morgan fingerprint density at radius 1 is 0.711 bits per heavy atom. The first kappa shape index (κ1) is 40.4. The highest BCUT2D eigenvalue weighted by atomic mass is 79.9. The van der Waals surface area contributed by atoms with Crippen LogP contribution in [0.25, 0.3) is 0 Å². The predicted molar refractivity (Wildman–Crippen MR) is 206 cm³/mol. The van der Waals surface area contributed by atoms with Gasteiger partial charge >= 0.3 is 0 Å². The molecule has 4 heteroatoms. The van der Waals surface area contributed by atoms with E-state index in [4.69, 9.17) is 9.47 Å². The summed E-state index contributed by atoms with van der Waals surface area (Å²) in [6.45, 7) is 12.8. The fraction of sp³-hybridized carbons (Fsp3) is 0.756. The van der Waals surface area contributed by atoms with Crippen molar-refractivity contribution in [2.75, 3.05) is 23.9 Å². The summed E-state index contributed by atoms with van der Waals surface area (Å²) in [6, 6.07) is 4.73. The van der Waals surface area contributed by atoms with Gasteiger partial charge in [-0.05, 0) is 88.8 Å². The lowest BCUT2D eigenvalue weighted by atomic mass is 9.73. The fourth-order valence-corrected chi connectivity index (χ4v) is 7.52. The lowest BCUT2D eigenvalue weighted by molar-refractivity contribution is 0.278. The molecule has 258 valence electrons. The molecule has 1 aliphatic rings. The third kappa shape index (κ3) is 17.3. The van der Waals surface area contributed by atoms with E-state index in [9.17, 15) is 0 Å². The largest absolute Gasteiger partial charge is 0.493 e. The molecule has 2 rings (SSSR count). The van der Waals surface area contributed by atoms with E-state index in [1.807, 2.05) is 0 Å². The third-order valence-electron chi connectivity index (χ3n) is 9.52. The summed E-state index contributed by atoms with van der Waals surface area (Å²) in [5.41, 5.74) is 5.40. The molecule has 1 aromatic carbocycles. The summed E-state index contributed by atoms with van der Waals surface area (Å²) in [4.78, 5) is 0. The molecule has 0 N–H and O–H groups in total. The Hall–Kier alpha value is -0.740. The topological polar surface area (TPSA) is 18.5 Å². The van der Waals surface area contributed by atoms with E-state index in [2.05, 4.69) is 77.4 Å². The summed E-state index contributed by atoms with van der Waals surface area (Å²) in [6.07, 6.45) is 30.5. The van der Waals surface area contributed by atoms with Gasteiger partial charge in [-0.15, -0.1) is 0 Å². The lowest BCUT2D eigenvalue weighted by Crippen LogP contribution is -2.19. The number of unbranched alkanes of at least 4 members (excludes halogenated alkanes) is 16. The number of ether oxygens (including phenoxy) is 2. The van der Waals surface area contributed by atoms with Gasteiger partial charge in [-0.2, -0.15) is 0 Å². The van der Waals surface area contributed by atoms with E-state index < -0.39 is 0 Å². The molecule has 2 atom stereocenters. The summed E-state index contributed by atoms with van der Waals surface area (Å²) in [5.74, 6) is 2.84. The minimum absolute atomic E-state index is 0.269. The Morgan fingerprint density at radius 3 is 1.62 bits per heavy atom. The zero-order valence-corrected chi connectivity index (χ0v) is 32.7. The second-order valence-electron chi connectivity index (χ2n) is 13.7. The van der Waals surface area contributed by atoms with Gasteiger partial charge in [-0.25, -0.2) is 0 Å². The van der Waals surface area contributed by atoms with Gasteiger partial charge in [-0.3, -0.25) is 0 Å². The summed E-state index contributed by atoms with van der Waals surface area (Å²) < 4.78 is 13.5. The number of hydrogen-bond donors (Lipinski definition) is 0. The molecular weight excluding hydrogens is 684 g/mol. The molecule has 0 heterocycles. The van der Waals surface area contributed by atoms with Crippen LogP contribution < -0.4 is 9.47 Å². The SMILES string of the molecule is C=C(C)[C@@H]1CCC(C)=C[C@H]1c1c(OCCCCCCCCCCBr)cc(CCCCC)cc1OCCCCCCCCCCBr. The van der Waals surface area contributed by atoms with Crippen LogP contribution in [0.5, 0.6) is 11.5 Å². The van der Waals surface area contributed by atoms with Crippen molar-refractivity contribution < 1.29 is 9.47 Å². The van der Waals surface area contributed by atoms with E-state index >= 15 is 0 Å². The number of halogens is 2. The van der Waals surface area contributed by atoms with E-state index in [1.54, 1.807) is 0 Å². The van der Waals surface area contributed by atoms with Gasteiger partial charge in [0.05, 0.1) is 13.2 Å². The second kappa shape index (κ2) is 26.2. The Balaban J connectivity index is 2.15. The number of hydrogen-bond acceptors (Lipinski definition) is 2. The zero-order chi connectivity index (χ0) is 32.5. The minimum Gasteiger partial charge on any atom is -0.493 e. The molecule has 0 unspecified atom stereocenters. The molecular formula is C41H68Br2O2. The molecule has 2 nitrogen and oxygen atoms in total. The van der Waals surface area contributed by atoms with Crippen molar-refractivity contribution in [2.24, 2.45) is 5.92 Å². The lowest BCUT2D eigenvalue weighted by Gasteiger charge is -2.33. The van der Waals surface area contributed by atoms with Crippen molar-refractivity contribution in [3.63, 3.8) is 0 Å². The highest BCUT2D eigenvalue weighted by Gasteiger charge is 2.31.